The van der Waals surface area contributed by atoms with E-state index in [0.717, 1.165) is 39.7 Å². The molecule has 0 unspecified atom stereocenters. The van der Waals surface area contributed by atoms with E-state index in [-0.39, 0.29) is 0 Å². The Bertz CT molecular complexity index is 1030. The molecule has 184 valence electrons. The van der Waals surface area contributed by atoms with Crippen LogP contribution in [0, 0.1) is 10.5 Å². The Morgan fingerprint density at radius 1 is 1.26 bits per heavy atom. The van der Waals surface area contributed by atoms with Gasteiger partial charge in [0, 0.05) is 19.4 Å². The van der Waals surface area contributed by atoms with Gasteiger partial charge in [-0.1, -0.05) is 38.0 Å². The maximum atomic E-state index is 13.2. The lowest BCUT2D eigenvalue weighted by molar-refractivity contribution is -0.180. The Morgan fingerprint density at radius 2 is 2.03 bits per heavy atom. The number of fused-ring (bicyclic) bond motifs is 1. The fourth-order valence-electron chi connectivity index (χ4n) is 3.78. The molecule has 0 fully saturated rings. The molecule has 1 aliphatic heterocycles. The van der Waals surface area contributed by atoms with Gasteiger partial charge in [0.25, 0.3) is 0 Å². The highest BCUT2D eigenvalue weighted by atomic mass is 127. The van der Waals surface area contributed by atoms with Crippen molar-refractivity contribution in [3.8, 4) is 17.2 Å². The van der Waals surface area contributed by atoms with Crippen LogP contribution in [-0.4, -0.2) is 29.1 Å². The summed E-state index contributed by atoms with van der Waals surface area (Å²) in [6, 6.07) is 9.09. The van der Waals surface area contributed by atoms with Crippen LogP contribution in [-0.2, 0) is 16.1 Å². The molecule has 0 spiro atoms. The van der Waals surface area contributed by atoms with E-state index in [0.29, 0.717) is 30.1 Å². The third-order valence-electron chi connectivity index (χ3n) is 5.72. The average molecular weight is 580 g/mol. The number of hydrogen-bond donors (Lipinski definition) is 1. The second kappa shape index (κ2) is 11.6. The summed E-state index contributed by atoms with van der Waals surface area (Å²) in [6.45, 7) is 11.7. The number of ether oxygens (including phenoxy) is 4. The van der Waals surface area contributed by atoms with Gasteiger partial charge >= 0.3 is 5.97 Å². The summed E-state index contributed by atoms with van der Waals surface area (Å²) < 4.78 is 24.5. The van der Waals surface area contributed by atoms with E-state index in [1.807, 2.05) is 45.0 Å². The fourth-order valence-corrected chi connectivity index (χ4v) is 4.49. The molecule has 0 radical (unpaired) electrons. The number of carbonyl (C=O) groups is 1. The van der Waals surface area contributed by atoms with Crippen LogP contribution in [0.5, 0.6) is 17.2 Å². The van der Waals surface area contributed by atoms with Crippen molar-refractivity contribution < 1.29 is 28.8 Å². The number of rotatable bonds is 10. The van der Waals surface area contributed by atoms with Crippen LogP contribution < -0.4 is 9.47 Å². The summed E-state index contributed by atoms with van der Waals surface area (Å²) in [5.41, 5.74) is 1.96. The Labute approximate surface area is 215 Å². The topological polar surface area (TPSA) is 74.2 Å². The van der Waals surface area contributed by atoms with Gasteiger partial charge in [-0.05, 0) is 66.1 Å². The molecule has 1 N–H and O–H groups in total. The first-order valence-electron chi connectivity index (χ1n) is 11.6. The van der Waals surface area contributed by atoms with Crippen LogP contribution in [0.3, 0.4) is 0 Å². The van der Waals surface area contributed by atoms with Crippen molar-refractivity contribution in [1.82, 2.24) is 0 Å². The van der Waals surface area contributed by atoms with Crippen molar-refractivity contribution in [1.29, 1.82) is 0 Å². The van der Waals surface area contributed by atoms with E-state index in [2.05, 4.69) is 36.1 Å². The number of hydrogen-bond acceptors (Lipinski definition) is 6. The number of carbonyl (C=O) groups excluding carboxylic acids is 1. The standard InChI is InChI=1S/C27H33IO6/c1-6-8-9-12-21(19(29)7-2)33-26(30)24-17(3)11-10-13-22(24)32-23-15-14-20-18(25(23)28)16-31-27(4,5)34-20/h7,10-11,13-15,19,21,29H,2,6,8-9,12,16H2,1,3-5H3/t19-,21+/m1/s1. The summed E-state index contributed by atoms with van der Waals surface area (Å²) in [5, 5.41) is 10.3. The SMILES string of the molecule is C=C[C@@H](O)[C@H](CCCCC)OC(=O)c1c(C)cccc1Oc1ccc2c(c1I)COC(C)(C)O2. The normalized spacial score (nSPS) is 16.1. The van der Waals surface area contributed by atoms with Crippen molar-refractivity contribution in [2.45, 2.75) is 78.0 Å². The molecular formula is C27H33IO6. The lowest BCUT2D eigenvalue weighted by Gasteiger charge is -2.33. The van der Waals surface area contributed by atoms with Crippen molar-refractivity contribution in [2.75, 3.05) is 0 Å². The molecule has 34 heavy (non-hydrogen) atoms. The van der Waals surface area contributed by atoms with Gasteiger partial charge in [0.05, 0.1) is 10.2 Å². The first kappa shape index (κ1) is 26.5. The van der Waals surface area contributed by atoms with Crippen molar-refractivity contribution >= 4 is 28.6 Å². The zero-order valence-corrected chi connectivity index (χ0v) is 22.4. The molecule has 0 aromatic heterocycles. The van der Waals surface area contributed by atoms with Crippen LogP contribution in [0.4, 0.5) is 0 Å². The molecule has 0 aliphatic carbocycles. The first-order chi connectivity index (χ1) is 16.2. The van der Waals surface area contributed by atoms with E-state index in [4.69, 9.17) is 18.9 Å². The number of unbranched alkanes of at least 4 members (excludes halogenated alkanes) is 2. The largest absolute Gasteiger partial charge is 0.463 e. The number of aliphatic hydroxyl groups excluding tert-OH is 1. The minimum absolute atomic E-state index is 0.335. The van der Waals surface area contributed by atoms with Crippen LogP contribution >= 0.6 is 22.6 Å². The monoisotopic (exact) mass is 580 g/mol. The second-order valence-electron chi connectivity index (χ2n) is 8.86. The molecule has 2 atom stereocenters. The molecular weight excluding hydrogens is 547 g/mol. The van der Waals surface area contributed by atoms with Crippen LogP contribution in [0.1, 0.15) is 67.9 Å². The summed E-state index contributed by atoms with van der Waals surface area (Å²) in [5.74, 6) is 0.523. The van der Waals surface area contributed by atoms with E-state index in [1.54, 1.807) is 6.07 Å². The molecule has 1 aliphatic rings. The van der Waals surface area contributed by atoms with E-state index < -0.39 is 24.0 Å². The third kappa shape index (κ3) is 6.31. The van der Waals surface area contributed by atoms with Gasteiger partial charge in [-0.3, -0.25) is 0 Å². The summed E-state index contributed by atoms with van der Waals surface area (Å²) in [4.78, 5) is 13.2. The molecule has 2 aromatic carbocycles. The zero-order valence-electron chi connectivity index (χ0n) is 20.2. The van der Waals surface area contributed by atoms with Gasteiger partial charge in [-0.2, -0.15) is 0 Å². The highest BCUT2D eigenvalue weighted by molar-refractivity contribution is 14.1. The zero-order chi connectivity index (χ0) is 24.9. The molecule has 0 bridgehead atoms. The fraction of sp³-hybridized carbons (Fsp3) is 0.444. The smallest absolute Gasteiger partial charge is 0.342 e. The van der Waals surface area contributed by atoms with Crippen molar-refractivity contribution in [2.24, 2.45) is 0 Å². The lowest BCUT2D eigenvalue weighted by Crippen LogP contribution is -2.35. The molecule has 3 rings (SSSR count). The summed E-state index contributed by atoms with van der Waals surface area (Å²) in [7, 11) is 0. The Kier molecular flexibility index (Phi) is 9.01. The van der Waals surface area contributed by atoms with E-state index in [9.17, 15) is 9.90 Å². The molecule has 1 heterocycles. The van der Waals surface area contributed by atoms with Crippen molar-refractivity contribution in [3.63, 3.8) is 0 Å². The van der Waals surface area contributed by atoms with Gasteiger partial charge in [0.2, 0.25) is 5.79 Å². The van der Waals surface area contributed by atoms with E-state index in [1.165, 1.54) is 6.08 Å². The first-order valence-corrected chi connectivity index (χ1v) is 12.7. The number of aryl methyl sites for hydroxylation is 1. The lowest BCUT2D eigenvalue weighted by atomic mass is 10.0. The number of halogens is 1. The van der Waals surface area contributed by atoms with E-state index >= 15 is 0 Å². The maximum absolute atomic E-state index is 13.2. The van der Waals surface area contributed by atoms with Gasteiger partial charge < -0.3 is 24.1 Å². The summed E-state index contributed by atoms with van der Waals surface area (Å²) >= 11 is 2.21. The maximum Gasteiger partial charge on any atom is 0.342 e. The molecule has 0 saturated carbocycles. The van der Waals surface area contributed by atoms with Gasteiger partial charge in [-0.25, -0.2) is 4.79 Å². The average Bonchev–Trinajstić information content (AvgIpc) is 2.79. The molecule has 2 aromatic rings. The van der Waals surface area contributed by atoms with Gasteiger partial charge in [0.1, 0.15) is 35.0 Å². The third-order valence-corrected chi connectivity index (χ3v) is 6.90. The molecule has 6 nitrogen and oxygen atoms in total. The predicted molar refractivity (Wildman–Crippen MR) is 139 cm³/mol. The number of aliphatic hydroxyl groups is 1. The van der Waals surface area contributed by atoms with Crippen LogP contribution in [0.2, 0.25) is 0 Å². The number of esters is 1. The Balaban J connectivity index is 1.86. The van der Waals surface area contributed by atoms with Crippen molar-refractivity contribution in [3.05, 3.63) is 63.2 Å². The summed E-state index contributed by atoms with van der Waals surface area (Å²) in [6.07, 6.45) is 3.26. The Hall–Kier alpha value is -2.10. The molecule has 0 saturated heterocycles. The van der Waals surface area contributed by atoms with Gasteiger partial charge in [0.15, 0.2) is 0 Å². The second-order valence-corrected chi connectivity index (χ2v) is 9.94. The minimum Gasteiger partial charge on any atom is -0.463 e. The molecule has 7 heteroatoms. The quantitative estimate of drug-likeness (QED) is 0.146. The van der Waals surface area contributed by atoms with Crippen LogP contribution in [0.25, 0.3) is 0 Å². The number of benzene rings is 2. The highest BCUT2D eigenvalue weighted by Gasteiger charge is 2.30. The molecule has 0 amide bonds. The minimum atomic E-state index is -0.931. The highest BCUT2D eigenvalue weighted by Crippen LogP contribution is 2.40. The predicted octanol–water partition coefficient (Wildman–Crippen LogP) is 6.69. The Morgan fingerprint density at radius 3 is 2.74 bits per heavy atom. The van der Waals surface area contributed by atoms with Crippen LogP contribution in [0.15, 0.2) is 43.0 Å². The van der Waals surface area contributed by atoms with Gasteiger partial charge in [-0.15, -0.1) is 6.58 Å².